The fourth-order valence-electron chi connectivity index (χ4n) is 4.02. The number of halogens is 1. The average molecular weight is 204 g/mol. The van der Waals surface area contributed by atoms with Crippen LogP contribution in [0.2, 0.25) is 0 Å². The van der Waals surface area contributed by atoms with Gasteiger partial charge in [-0.1, -0.05) is 0 Å². The first-order valence-electron chi connectivity index (χ1n) is 5.14. The van der Waals surface area contributed by atoms with Crippen molar-refractivity contribution in [1.82, 2.24) is 0 Å². The van der Waals surface area contributed by atoms with E-state index in [-0.39, 0.29) is 18.0 Å². The van der Waals surface area contributed by atoms with Gasteiger partial charge in [0.05, 0.1) is 5.60 Å². The average Bonchev–Trinajstić information content (AvgIpc) is 1.96. The van der Waals surface area contributed by atoms with Gasteiger partial charge < -0.3 is 10.8 Å². The van der Waals surface area contributed by atoms with Crippen molar-refractivity contribution in [2.45, 2.75) is 43.7 Å². The highest BCUT2D eigenvalue weighted by Crippen LogP contribution is 2.54. The smallest absolute Gasteiger partial charge is 0.0657 e. The molecule has 4 fully saturated rings. The summed E-state index contributed by atoms with van der Waals surface area (Å²) in [5, 5.41) is 10.2. The van der Waals surface area contributed by atoms with Crippen molar-refractivity contribution in [2.24, 2.45) is 23.5 Å². The molecule has 0 aromatic rings. The van der Waals surface area contributed by atoms with E-state index in [9.17, 15) is 5.11 Å². The number of nitrogens with two attached hydrogens (primary N) is 1. The molecule has 0 aliphatic heterocycles. The molecular weight excluding hydrogens is 186 g/mol. The van der Waals surface area contributed by atoms with Crippen LogP contribution in [0.4, 0.5) is 0 Å². The fourth-order valence-corrected chi connectivity index (χ4v) is 4.02. The second kappa shape index (κ2) is 2.85. The molecule has 0 saturated heterocycles. The molecule has 0 aromatic heterocycles. The summed E-state index contributed by atoms with van der Waals surface area (Å²) in [6.07, 6.45) is 5.62. The third-order valence-electron chi connectivity index (χ3n) is 4.31. The zero-order valence-electron chi connectivity index (χ0n) is 7.78. The molecule has 5 atom stereocenters. The molecule has 0 unspecified atom stereocenters. The Morgan fingerprint density at radius 3 is 2.08 bits per heavy atom. The second-order valence-corrected chi connectivity index (χ2v) is 5.27. The third kappa shape index (κ3) is 1.31. The molecule has 3 heteroatoms. The Bertz CT molecular complexity index is 205. The van der Waals surface area contributed by atoms with Gasteiger partial charge in [0.15, 0.2) is 0 Å². The van der Waals surface area contributed by atoms with Crippen LogP contribution in [0, 0.1) is 17.8 Å². The first-order chi connectivity index (χ1) is 5.66. The predicted molar refractivity (Wildman–Crippen MR) is 53.7 cm³/mol. The van der Waals surface area contributed by atoms with E-state index in [1.807, 2.05) is 0 Å². The van der Waals surface area contributed by atoms with Crippen molar-refractivity contribution >= 4 is 12.4 Å². The SMILES string of the molecule is Cl.N[C@H]1[C@@H]2C[C@H]3C[C@H]1C[C@](O)(C3)C2. The van der Waals surface area contributed by atoms with Gasteiger partial charge in [-0.15, -0.1) is 12.4 Å². The molecule has 0 amide bonds. The van der Waals surface area contributed by atoms with Gasteiger partial charge in [0, 0.05) is 6.04 Å². The molecule has 4 rings (SSSR count). The van der Waals surface area contributed by atoms with Crippen LogP contribution in [0.1, 0.15) is 32.1 Å². The minimum atomic E-state index is -0.299. The van der Waals surface area contributed by atoms with Crippen LogP contribution in [-0.4, -0.2) is 16.7 Å². The van der Waals surface area contributed by atoms with Gasteiger partial charge in [-0.2, -0.15) is 0 Å². The Kier molecular flexibility index (Phi) is 2.14. The summed E-state index contributed by atoms with van der Waals surface area (Å²) in [6, 6.07) is 0.404. The standard InChI is InChI=1S/C10H17NO.ClH/c11-9-7-1-6-2-8(9)5-10(12,3-6)4-7;/h6-9,12H,1-5,11H2;1H/t6-,7+,8-,9-,10-;. The van der Waals surface area contributed by atoms with E-state index in [4.69, 9.17) is 5.73 Å². The molecule has 76 valence electrons. The molecular formula is C10H18ClNO. The highest BCUT2D eigenvalue weighted by Gasteiger charge is 2.53. The number of rotatable bonds is 0. The molecule has 4 bridgehead atoms. The molecule has 4 aliphatic rings. The maximum Gasteiger partial charge on any atom is 0.0657 e. The summed E-state index contributed by atoms with van der Waals surface area (Å²) in [4.78, 5) is 0. The van der Waals surface area contributed by atoms with Gasteiger partial charge in [0.1, 0.15) is 0 Å². The lowest BCUT2D eigenvalue weighted by Crippen LogP contribution is -2.59. The Hall–Kier alpha value is 0.210. The van der Waals surface area contributed by atoms with Crippen LogP contribution >= 0.6 is 12.4 Å². The molecule has 2 nitrogen and oxygen atoms in total. The van der Waals surface area contributed by atoms with E-state index in [2.05, 4.69) is 0 Å². The first kappa shape index (κ1) is 9.75. The van der Waals surface area contributed by atoms with Gasteiger partial charge >= 0.3 is 0 Å². The van der Waals surface area contributed by atoms with Crippen LogP contribution in [-0.2, 0) is 0 Å². The van der Waals surface area contributed by atoms with Crippen LogP contribution in [0.25, 0.3) is 0 Å². The number of aliphatic hydroxyl groups is 1. The van der Waals surface area contributed by atoms with E-state index >= 15 is 0 Å². The highest BCUT2D eigenvalue weighted by atomic mass is 35.5. The third-order valence-corrected chi connectivity index (χ3v) is 4.31. The molecule has 3 N–H and O–H groups in total. The van der Waals surface area contributed by atoms with Gasteiger partial charge in [-0.05, 0) is 49.9 Å². The zero-order chi connectivity index (χ0) is 8.34. The molecule has 0 spiro atoms. The first-order valence-corrected chi connectivity index (χ1v) is 5.14. The molecule has 4 saturated carbocycles. The van der Waals surface area contributed by atoms with Crippen LogP contribution < -0.4 is 5.73 Å². The predicted octanol–water partition coefficient (Wildman–Crippen LogP) is 1.31. The van der Waals surface area contributed by atoms with E-state index in [0.29, 0.717) is 17.9 Å². The quantitative estimate of drug-likeness (QED) is 0.624. The highest BCUT2D eigenvalue weighted by molar-refractivity contribution is 5.85. The van der Waals surface area contributed by atoms with Crippen molar-refractivity contribution in [2.75, 3.05) is 0 Å². The van der Waals surface area contributed by atoms with Crippen LogP contribution in [0.15, 0.2) is 0 Å². The van der Waals surface area contributed by atoms with Crippen molar-refractivity contribution in [3.8, 4) is 0 Å². The summed E-state index contributed by atoms with van der Waals surface area (Å²) >= 11 is 0. The Morgan fingerprint density at radius 1 is 1.08 bits per heavy atom. The Morgan fingerprint density at radius 2 is 1.62 bits per heavy atom. The minimum Gasteiger partial charge on any atom is -0.390 e. The maximum atomic E-state index is 10.2. The molecule has 0 heterocycles. The van der Waals surface area contributed by atoms with Gasteiger partial charge in [-0.25, -0.2) is 0 Å². The fraction of sp³-hybridized carbons (Fsp3) is 1.00. The van der Waals surface area contributed by atoms with E-state index in [0.717, 1.165) is 25.2 Å². The van der Waals surface area contributed by atoms with Crippen molar-refractivity contribution in [1.29, 1.82) is 0 Å². The van der Waals surface area contributed by atoms with E-state index in [1.165, 1.54) is 12.8 Å². The van der Waals surface area contributed by atoms with Gasteiger partial charge in [0.2, 0.25) is 0 Å². The van der Waals surface area contributed by atoms with Crippen LogP contribution in [0.5, 0.6) is 0 Å². The van der Waals surface area contributed by atoms with Gasteiger partial charge in [-0.3, -0.25) is 0 Å². The summed E-state index contributed by atoms with van der Waals surface area (Å²) in [5.41, 5.74) is 5.82. The molecule has 4 aliphatic carbocycles. The lowest BCUT2D eigenvalue weighted by Gasteiger charge is -2.57. The lowest BCUT2D eigenvalue weighted by atomic mass is 9.52. The van der Waals surface area contributed by atoms with Crippen molar-refractivity contribution < 1.29 is 5.11 Å². The normalized spacial score (nSPS) is 57.7. The minimum absolute atomic E-state index is 0. The topological polar surface area (TPSA) is 46.2 Å². The van der Waals surface area contributed by atoms with Gasteiger partial charge in [0.25, 0.3) is 0 Å². The summed E-state index contributed by atoms with van der Waals surface area (Å²) in [7, 11) is 0. The maximum absolute atomic E-state index is 10.2. The van der Waals surface area contributed by atoms with Crippen molar-refractivity contribution in [3.05, 3.63) is 0 Å². The van der Waals surface area contributed by atoms with Crippen molar-refractivity contribution in [3.63, 3.8) is 0 Å². The molecule has 0 aromatic carbocycles. The molecule has 13 heavy (non-hydrogen) atoms. The summed E-state index contributed by atoms with van der Waals surface area (Å²) < 4.78 is 0. The summed E-state index contributed by atoms with van der Waals surface area (Å²) in [5.74, 6) is 2.08. The zero-order valence-corrected chi connectivity index (χ0v) is 8.59. The molecule has 0 radical (unpaired) electrons. The van der Waals surface area contributed by atoms with E-state index in [1.54, 1.807) is 0 Å². The second-order valence-electron chi connectivity index (χ2n) is 5.27. The summed E-state index contributed by atoms with van der Waals surface area (Å²) in [6.45, 7) is 0. The van der Waals surface area contributed by atoms with E-state index < -0.39 is 0 Å². The number of hydrogen-bond donors (Lipinski definition) is 2. The lowest BCUT2D eigenvalue weighted by molar-refractivity contribution is -0.132. The Balaban J connectivity index is 0.000000653. The monoisotopic (exact) mass is 203 g/mol. The Labute approximate surface area is 85.3 Å². The largest absolute Gasteiger partial charge is 0.390 e. The van der Waals surface area contributed by atoms with Crippen LogP contribution in [0.3, 0.4) is 0 Å². The number of hydrogen-bond acceptors (Lipinski definition) is 2.